The summed E-state index contributed by atoms with van der Waals surface area (Å²) in [6, 6.07) is 16.2. The Morgan fingerprint density at radius 1 is 1.04 bits per heavy atom. The number of alkyl carbamates (subject to hydrolysis) is 1. The minimum atomic E-state index is -2.18. The molecule has 17 heteroatoms. The molecule has 2 bridgehead atoms. The molecule has 3 saturated heterocycles. The summed E-state index contributed by atoms with van der Waals surface area (Å²) in [4.78, 5) is 47.2. The number of benzene rings is 3. The van der Waals surface area contributed by atoms with E-state index in [4.69, 9.17) is 37.9 Å². The van der Waals surface area contributed by atoms with E-state index in [1.807, 2.05) is 42.2 Å². The van der Waals surface area contributed by atoms with Gasteiger partial charge >= 0.3 is 12.1 Å². The fraction of sp³-hybridized carbons (Fsp3) is 0.481. The molecule has 3 aromatic rings. The lowest BCUT2D eigenvalue weighted by molar-refractivity contribution is -0.160. The molecule has 4 heterocycles. The SMILES string of the molecule is C=CCN1[C@@H]2c3c(cc(C)c(OC)c3OCOCCOC)C[C@@H]1[C@H](C#N)N1C2CC2(O)C(=O)C(C)=C3OCOC3=C2[C@@H]1COC(=O)[C@H](CSCC1c2ccccc2-c2ccccc21)NC(=O)OC(C)(C)C. The number of nitrogens with one attached hydrogen (secondary N) is 1. The first-order valence-corrected chi connectivity index (χ1v) is 25.1. The largest absolute Gasteiger partial charge is 0.493 e. The Bertz CT molecular complexity index is 2660. The van der Waals surface area contributed by atoms with E-state index in [0.29, 0.717) is 36.8 Å². The number of piperidine rings is 1. The standard InChI is InChI=1S/C54H62N4O12S/c1-9-18-57-39-22-32-21-30(2)46(64-8)48(67-28-65-20-19-63-7)43(32)45(57)40-23-54(62)44(49-47(68-29-69-49)31(3)50(54)59)42(58(40)41(39)24-55)25-66-51(60)38(56-52(61)70-53(4,5)6)27-71-26-37-35-16-12-10-14-33(35)34-15-11-13-17-36(34)37/h9-17,21,37-42,45,62H,1,18-20,22-23,25-29H2,2-8H3,(H,56,61)/t38-,39+,40?,41-,42-,45-,54?/m0/s1. The predicted octanol–water partition coefficient (Wildman–Crippen LogP) is 6.63. The van der Waals surface area contributed by atoms with Gasteiger partial charge in [-0.1, -0.05) is 60.7 Å². The number of rotatable bonds is 17. The summed E-state index contributed by atoms with van der Waals surface area (Å²) in [7, 11) is 3.15. The second-order valence-corrected chi connectivity index (χ2v) is 20.8. The van der Waals surface area contributed by atoms with Crippen molar-refractivity contribution in [1.29, 1.82) is 5.26 Å². The number of ether oxygens (including phenoxy) is 8. The summed E-state index contributed by atoms with van der Waals surface area (Å²) in [5.41, 5.74) is 4.49. The Kier molecular flexibility index (Phi) is 14.3. The van der Waals surface area contributed by atoms with Crippen LogP contribution in [0.25, 0.3) is 11.1 Å². The molecule has 3 aromatic carbocycles. The summed E-state index contributed by atoms with van der Waals surface area (Å²) >= 11 is 1.50. The molecule has 0 aromatic heterocycles. The third-order valence-corrected chi connectivity index (χ3v) is 15.5. The highest BCUT2D eigenvalue weighted by Crippen LogP contribution is 2.57. The van der Waals surface area contributed by atoms with Crippen molar-refractivity contribution >= 4 is 29.6 Å². The first kappa shape index (κ1) is 50.1. The van der Waals surface area contributed by atoms with E-state index >= 15 is 0 Å². The Balaban J connectivity index is 1.09. The lowest BCUT2D eigenvalue weighted by Gasteiger charge is -2.63. The Morgan fingerprint density at radius 2 is 1.75 bits per heavy atom. The van der Waals surface area contributed by atoms with Crippen molar-refractivity contribution in [3.63, 3.8) is 0 Å². The minimum absolute atomic E-state index is 0.0456. The molecule has 1 amide bonds. The van der Waals surface area contributed by atoms with Gasteiger partial charge in [-0.2, -0.15) is 17.0 Å². The molecular weight excluding hydrogens is 929 g/mol. The second-order valence-electron chi connectivity index (χ2n) is 19.7. The number of methoxy groups -OCH3 is 2. The molecule has 9 rings (SSSR count). The molecule has 2 unspecified atom stereocenters. The van der Waals surface area contributed by atoms with Gasteiger partial charge in [0, 0.05) is 66.3 Å². The van der Waals surface area contributed by atoms with Crippen LogP contribution in [0.1, 0.15) is 73.9 Å². The number of fused-ring (bicyclic) bond motifs is 11. The monoisotopic (exact) mass is 990 g/mol. The zero-order chi connectivity index (χ0) is 50.4. The molecule has 7 atom stereocenters. The van der Waals surface area contributed by atoms with Gasteiger partial charge in [0.2, 0.25) is 6.79 Å². The average Bonchev–Trinajstić information content (AvgIpc) is 3.95. The topological polar surface area (TPSA) is 188 Å². The number of hydrogen-bond acceptors (Lipinski definition) is 16. The van der Waals surface area contributed by atoms with Crippen LogP contribution >= 0.6 is 11.8 Å². The lowest BCUT2D eigenvalue weighted by atomic mass is 9.64. The first-order valence-electron chi connectivity index (χ1n) is 24.0. The zero-order valence-electron chi connectivity index (χ0n) is 41.3. The van der Waals surface area contributed by atoms with Crippen molar-refractivity contribution in [1.82, 2.24) is 15.1 Å². The van der Waals surface area contributed by atoms with E-state index in [1.54, 1.807) is 48.0 Å². The highest BCUT2D eigenvalue weighted by atomic mass is 32.2. The second kappa shape index (κ2) is 20.3. The number of aliphatic hydroxyl groups is 1. The van der Waals surface area contributed by atoms with Crippen LogP contribution in [0.15, 0.2) is 89.9 Å². The van der Waals surface area contributed by atoms with Gasteiger partial charge in [-0.25, -0.2) is 9.59 Å². The van der Waals surface area contributed by atoms with Crippen LogP contribution in [0.4, 0.5) is 4.79 Å². The molecule has 3 fully saturated rings. The van der Waals surface area contributed by atoms with Crippen molar-refractivity contribution in [3.8, 4) is 28.7 Å². The van der Waals surface area contributed by atoms with E-state index in [9.17, 15) is 24.8 Å². The smallest absolute Gasteiger partial charge is 0.408 e. The fourth-order valence-electron chi connectivity index (χ4n) is 11.6. The summed E-state index contributed by atoms with van der Waals surface area (Å²) in [5.74, 6) is 0.716. The number of nitriles is 1. The van der Waals surface area contributed by atoms with Gasteiger partial charge in [-0.3, -0.25) is 14.6 Å². The van der Waals surface area contributed by atoms with Gasteiger partial charge in [0.1, 0.15) is 24.3 Å². The van der Waals surface area contributed by atoms with Gasteiger partial charge in [-0.05, 0) is 74.4 Å². The summed E-state index contributed by atoms with van der Waals surface area (Å²) < 4.78 is 47.5. The number of hydrogen-bond donors (Lipinski definition) is 2. The number of ketones is 1. The number of thioether (sulfide) groups is 1. The normalized spacial score (nSPS) is 24.7. The zero-order valence-corrected chi connectivity index (χ0v) is 42.1. The van der Waals surface area contributed by atoms with E-state index < -0.39 is 71.9 Å². The van der Waals surface area contributed by atoms with Gasteiger partial charge < -0.3 is 48.3 Å². The van der Waals surface area contributed by atoms with Crippen LogP contribution in [0, 0.1) is 18.3 Å². The van der Waals surface area contributed by atoms with Crippen LogP contribution in [0.5, 0.6) is 11.5 Å². The highest BCUT2D eigenvalue weighted by Gasteiger charge is 2.65. The summed E-state index contributed by atoms with van der Waals surface area (Å²) in [6.45, 7) is 13.1. The maximum atomic E-state index is 14.8. The van der Waals surface area contributed by atoms with E-state index in [-0.39, 0.29) is 60.9 Å². The van der Waals surface area contributed by atoms with Crippen LogP contribution in [0.3, 0.4) is 0 Å². The molecular formula is C54H62N4O12S. The van der Waals surface area contributed by atoms with Crippen molar-refractivity contribution in [2.24, 2.45) is 0 Å². The first-order chi connectivity index (χ1) is 34.1. The van der Waals surface area contributed by atoms with E-state index in [1.165, 1.54) is 34.0 Å². The molecule has 16 nitrogen and oxygen atoms in total. The number of esters is 1. The fourth-order valence-corrected chi connectivity index (χ4v) is 12.8. The molecule has 4 aliphatic heterocycles. The molecule has 0 radical (unpaired) electrons. The molecule has 6 aliphatic rings. The molecule has 2 N–H and O–H groups in total. The van der Waals surface area contributed by atoms with Gasteiger partial charge in [-0.15, -0.1) is 6.58 Å². The predicted molar refractivity (Wildman–Crippen MR) is 264 cm³/mol. The van der Waals surface area contributed by atoms with Crippen molar-refractivity contribution in [2.75, 3.05) is 65.7 Å². The Morgan fingerprint density at radius 3 is 2.41 bits per heavy atom. The quantitative estimate of drug-likeness (QED) is 0.0634. The minimum Gasteiger partial charge on any atom is -0.493 e. The Labute approximate surface area is 418 Å². The average molecular weight is 991 g/mol. The van der Waals surface area contributed by atoms with Crippen LogP contribution in [0.2, 0.25) is 0 Å². The van der Waals surface area contributed by atoms with E-state index in [0.717, 1.165) is 16.7 Å². The maximum Gasteiger partial charge on any atom is 0.408 e. The number of aryl methyl sites for hydroxylation is 1. The molecule has 0 saturated carbocycles. The third kappa shape index (κ3) is 9.08. The third-order valence-electron chi connectivity index (χ3n) is 14.3. The van der Waals surface area contributed by atoms with Crippen LogP contribution in [-0.2, 0) is 44.4 Å². The van der Waals surface area contributed by atoms with Gasteiger partial charge in [0.25, 0.3) is 0 Å². The number of amides is 1. The number of carbonyl (C=O) groups is 3. The summed E-state index contributed by atoms with van der Waals surface area (Å²) in [5, 5.41) is 27.3. The van der Waals surface area contributed by atoms with Crippen LogP contribution in [-0.4, -0.2) is 140 Å². The number of Topliss-reactive ketones (excluding diaryl/α,β-unsaturated/α-hetero) is 1. The van der Waals surface area contributed by atoms with Crippen molar-refractivity contribution in [2.45, 2.75) is 101 Å². The van der Waals surface area contributed by atoms with Crippen LogP contribution < -0.4 is 14.8 Å². The maximum absolute atomic E-state index is 14.8. The van der Waals surface area contributed by atoms with E-state index in [2.05, 4.69) is 47.1 Å². The highest BCUT2D eigenvalue weighted by molar-refractivity contribution is 7.99. The Hall–Kier alpha value is -5.87. The number of piperazine rings is 1. The van der Waals surface area contributed by atoms with Crippen molar-refractivity contribution in [3.05, 3.63) is 118 Å². The van der Waals surface area contributed by atoms with Crippen molar-refractivity contribution < 1.29 is 57.4 Å². The number of carbonyl (C=O) groups excluding carboxylic acids is 3. The number of nitrogens with zero attached hydrogens (tertiary/aromatic N) is 3. The summed E-state index contributed by atoms with van der Waals surface area (Å²) in [6.07, 6.45) is 1.22. The molecule has 376 valence electrons. The molecule has 2 aliphatic carbocycles. The van der Waals surface area contributed by atoms with Gasteiger partial charge in [0.05, 0.1) is 38.5 Å². The molecule has 0 spiro atoms. The lowest BCUT2D eigenvalue weighted by Crippen LogP contribution is -2.75. The molecule has 71 heavy (non-hydrogen) atoms. The van der Waals surface area contributed by atoms with Gasteiger partial charge in [0.15, 0.2) is 41.2 Å².